The zero-order valence-corrected chi connectivity index (χ0v) is 7.36. The number of aliphatic imine (C=N–C) groups is 1. The fourth-order valence-electron chi connectivity index (χ4n) is 1.20. The number of benzene rings is 1. The van der Waals surface area contributed by atoms with E-state index in [-0.39, 0.29) is 5.82 Å². The fourth-order valence-corrected chi connectivity index (χ4v) is 1.31. The molecule has 0 unspecified atom stereocenters. The first-order chi connectivity index (χ1) is 6.31. The summed E-state index contributed by atoms with van der Waals surface area (Å²) >= 11 is 4.46. The lowest BCUT2D eigenvalue weighted by molar-refractivity contribution is 0.639. The van der Waals surface area contributed by atoms with E-state index < -0.39 is 0 Å². The molecule has 13 heavy (non-hydrogen) atoms. The molecule has 4 heteroatoms. The van der Waals surface area contributed by atoms with E-state index in [2.05, 4.69) is 27.4 Å². The third kappa shape index (κ3) is 1.37. The Kier molecular flexibility index (Phi) is 1.93. The van der Waals surface area contributed by atoms with E-state index in [1.807, 2.05) is 0 Å². The van der Waals surface area contributed by atoms with Crippen molar-refractivity contribution in [3.63, 3.8) is 0 Å². The molecule has 0 aliphatic heterocycles. The minimum atomic E-state index is -0.257. The predicted octanol–water partition coefficient (Wildman–Crippen LogP) is 3.04. The monoisotopic (exact) mass is 192 g/mol. The Bertz CT molecular complexity index is 497. The molecule has 0 bridgehead atoms. The number of hydrogen-bond acceptors (Lipinski definition) is 2. The van der Waals surface area contributed by atoms with Crippen LogP contribution in [0, 0.1) is 5.82 Å². The predicted molar refractivity (Wildman–Crippen MR) is 52.9 cm³/mol. The number of isothiocyanates is 1. The zero-order chi connectivity index (χ0) is 9.26. The lowest BCUT2D eigenvalue weighted by Crippen LogP contribution is -1.69. The zero-order valence-electron chi connectivity index (χ0n) is 6.54. The highest BCUT2D eigenvalue weighted by molar-refractivity contribution is 7.78. The number of fused-ring (bicyclic) bond motifs is 1. The smallest absolute Gasteiger partial charge is 0.148 e. The first kappa shape index (κ1) is 8.10. The van der Waals surface area contributed by atoms with Crippen molar-refractivity contribution in [2.24, 2.45) is 4.99 Å². The molecule has 2 nitrogen and oxygen atoms in total. The van der Waals surface area contributed by atoms with E-state index >= 15 is 0 Å². The van der Waals surface area contributed by atoms with E-state index in [1.165, 1.54) is 6.20 Å². The van der Waals surface area contributed by atoms with Crippen LogP contribution in [0.25, 0.3) is 10.9 Å². The number of H-pyrrole nitrogens is 1. The highest BCUT2D eigenvalue weighted by Gasteiger charge is 2.01. The second kappa shape index (κ2) is 3.09. The molecule has 0 aliphatic carbocycles. The minimum Gasteiger partial charge on any atom is -0.358 e. The second-order valence-electron chi connectivity index (χ2n) is 2.57. The average molecular weight is 192 g/mol. The van der Waals surface area contributed by atoms with Crippen molar-refractivity contribution in [3.05, 3.63) is 30.2 Å². The topological polar surface area (TPSA) is 28.1 Å². The van der Waals surface area contributed by atoms with Gasteiger partial charge in [-0.25, -0.2) is 4.39 Å². The highest BCUT2D eigenvalue weighted by atomic mass is 32.1. The lowest BCUT2D eigenvalue weighted by atomic mass is 10.2. The van der Waals surface area contributed by atoms with Crippen molar-refractivity contribution in [2.45, 2.75) is 0 Å². The van der Waals surface area contributed by atoms with E-state index in [0.717, 1.165) is 0 Å². The molecule has 0 saturated carbocycles. The molecule has 0 aliphatic rings. The van der Waals surface area contributed by atoms with Crippen LogP contribution in [0.3, 0.4) is 0 Å². The Morgan fingerprint density at radius 3 is 3.08 bits per heavy atom. The molecule has 0 radical (unpaired) electrons. The van der Waals surface area contributed by atoms with Crippen LogP contribution >= 0.6 is 12.2 Å². The normalized spacial score (nSPS) is 9.92. The quantitative estimate of drug-likeness (QED) is 0.546. The summed E-state index contributed by atoms with van der Waals surface area (Å²) in [5, 5.41) is 2.81. The molecule has 1 aromatic heterocycles. The molecule has 0 saturated heterocycles. The van der Waals surface area contributed by atoms with Gasteiger partial charge in [0.05, 0.1) is 16.4 Å². The maximum Gasteiger partial charge on any atom is 0.148 e. The molecule has 1 aromatic carbocycles. The van der Waals surface area contributed by atoms with Gasteiger partial charge in [0.25, 0.3) is 0 Å². The standard InChI is InChI=1S/C9H5FN2S/c10-8-4-11-9-3-6(12-5-13)1-2-7(8)9/h1-4,11H. The molecule has 2 aromatic rings. The van der Waals surface area contributed by atoms with Gasteiger partial charge in [0.15, 0.2) is 0 Å². The van der Waals surface area contributed by atoms with Crippen LogP contribution in [0.2, 0.25) is 0 Å². The van der Waals surface area contributed by atoms with Crippen LogP contribution in [0.1, 0.15) is 0 Å². The highest BCUT2D eigenvalue weighted by Crippen LogP contribution is 2.21. The number of halogens is 1. The van der Waals surface area contributed by atoms with Crippen LogP contribution in [0.4, 0.5) is 10.1 Å². The lowest BCUT2D eigenvalue weighted by Gasteiger charge is -1.91. The molecule has 0 amide bonds. The van der Waals surface area contributed by atoms with Crippen molar-refractivity contribution >= 4 is 34.0 Å². The summed E-state index contributed by atoms with van der Waals surface area (Å²) in [4.78, 5) is 6.58. The molecule has 0 atom stereocenters. The van der Waals surface area contributed by atoms with Gasteiger partial charge >= 0.3 is 0 Å². The Hall–Kier alpha value is -1.51. The van der Waals surface area contributed by atoms with Crippen molar-refractivity contribution < 1.29 is 4.39 Å². The largest absolute Gasteiger partial charge is 0.358 e. The van der Waals surface area contributed by atoms with Gasteiger partial charge in [0.1, 0.15) is 5.82 Å². The molecule has 0 fully saturated rings. The van der Waals surface area contributed by atoms with E-state index in [0.29, 0.717) is 16.6 Å². The van der Waals surface area contributed by atoms with Gasteiger partial charge in [-0.15, -0.1) is 0 Å². The van der Waals surface area contributed by atoms with Gasteiger partial charge in [-0.2, -0.15) is 4.99 Å². The van der Waals surface area contributed by atoms with Gasteiger partial charge in [0, 0.05) is 11.6 Å². The fraction of sp³-hybridized carbons (Fsp3) is 0. The summed E-state index contributed by atoms with van der Waals surface area (Å²) in [6, 6.07) is 5.07. The molecule has 2 rings (SSSR count). The van der Waals surface area contributed by atoms with Crippen LogP contribution < -0.4 is 0 Å². The van der Waals surface area contributed by atoms with Crippen molar-refractivity contribution in [2.75, 3.05) is 0 Å². The molecular formula is C9H5FN2S. The number of nitrogens with zero attached hydrogens (tertiary/aromatic N) is 1. The number of hydrogen-bond donors (Lipinski definition) is 1. The summed E-state index contributed by atoms with van der Waals surface area (Å²) < 4.78 is 13.0. The Balaban J connectivity index is 2.69. The maximum absolute atomic E-state index is 13.0. The summed E-state index contributed by atoms with van der Waals surface area (Å²) in [6.45, 7) is 0. The van der Waals surface area contributed by atoms with Crippen LogP contribution in [0.15, 0.2) is 29.4 Å². The summed E-state index contributed by atoms with van der Waals surface area (Å²) in [5.41, 5.74) is 1.38. The number of nitrogens with one attached hydrogen (secondary N) is 1. The first-order valence-electron chi connectivity index (χ1n) is 3.66. The SMILES string of the molecule is Fc1c[nH]c2cc(N=C=S)ccc12. The van der Waals surface area contributed by atoms with Crippen LogP contribution in [-0.2, 0) is 0 Å². The van der Waals surface area contributed by atoms with E-state index in [9.17, 15) is 4.39 Å². The Labute approximate surface area is 79.1 Å². The van der Waals surface area contributed by atoms with Crippen molar-refractivity contribution in [1.82, 2.24) is 4.98 Å². The van der Waals surface area contributed by atoms with Gasteiger partial charge in [-0.3, -0.25) is 0 Å². The molecule has 1 heterocycles. The Morgan fingerprint density at radius 1 is 1.46 bits per heavy atom. The van der Waals surface area contributed by atoms with Crippen molar-refractivity contribution in [1.29, 1.82) is 0 Å². The maximum atomic E-state index is 13.0. The number of rotatable bonds is 1. The second-order valence-corrected chi connectivity index (χ2v) is 2.75. The van der Waals surface area contributed by atoms with Crippen LogP contribution in [-0.4, -0.2) is 10.1 Å². The van der Waals surface area contributed by atoms with Gasteiger partial charge < -0.3 is 4.98 Å². The number of thiocarbonyl (C=S) groups is 1. The third-order valence-corrected chi connectivity index (χ3v) is 1.88. The summed E-state index contributed by atoms with van der Waals surface area (Å²) in [6.07, 6.45) is 1.32. The summed E-state index contributed by atoms with van der Waals surface area (Å²) in [7, 11) is 0. The number of aromatic nitrogens is 1. The van der Waals surface area contributed by atoms with Gasteiger partial charge in [-0.05, 0) is 30.4 Å². The van der Waals surface area contributed by atoms with Crippen LogP contribution in [0.5, 0.6) is 0 Å². The third-order valence-electron chi connectivity index (χ3n) is 1.79. The molecule has 0 spiro atoms. The van der Waals surface area contributed by atoms with Gasteiger partial charge in [0.2, 0.25) is 0 Å². The first-order valence-corrected chi connectivity index (χ1v) is 4.06. The summed E-state index contributed by atoms with van der Waals surface area (Å²) in [5.74, 6) is -0.257. The van der Waals surface area contributed by atoms with Crippen molar-refractivity contribution in [3.8, 4) is 0 Å². The van der Waals surface area contributed by atoms with Gasteiger partial charge in [-0.1, -0.05) is 0 Å². The number of aromatic amines is 1. The Morgan fingerprint density at radius 2 is 2.31 bits per heavy atom. The molecule has 64 valence electrons. The molecule has 1 N–H and O–H groups in total. The van der Waals surface area contributed by atoms with E-state index in [4.69, 9.17) is 0 Å². The minimum absolute atomic E-state index is 0.257. The van der Waals surface area contributed by atoms with E-state index in [1.54, 1.807) is 18.2 Å². The average Bonchev–Trinajstić information content (AvgIpc) is 2.48. The molecular weight excluding hydrogens is 187 g/mol.